The number of nitrogens with zero attached hydrogens (tertiary/aromatic N) is 2. The van der Waals surface area contributed by atoms with Crippen LogP contribution in [0.5, 0.6) is 0 Å². The van der Waals surface area contributed by atoms with Crippen molar-refractivity contribution in [1.82, 2.24) is 14.8 Å². The number of thiocarbonyl (C=S) groups is 1. The van der Waals surface area contributed by atoms with Crippen LogP contribution in [0.1, 0.15) is 29.8 Å². The molecule has 0 bridgehead atoms. The smallest absolute Gasteiger partial charge is 0.251 e. The van der Waals surface area contributed by atoms with Crippen LogP contribution in [-0.2, 0) is 11.2 Å². The fourth-order valence-corrected chi connectivity index (χ4v) is 4.85. The lowest BCUT2D eigenvalue weighted by Crippen LogP contribution is -2.44. The zero-order valence-electron chi connectivity index (χ0n) is 14.5. The van der Waals surface area contributed by atoms with Gasteiger partial charge in [-0.05, 0) is 36.3 Å². The molecule has 0 spiro atoms. The van der Waals surface area contributed by atoms with Crippen LogP contribution in [0.2, 0.25) is 0 Å². The van der Waals surface area contributed by atoms with Gasteiger partial charge in [-0.2, -0.15) is 0 Å². The summed E-state index contributed by atoms with van der Waals surface area (Å²) in [4.78, 5) is 20.5. The highest BCUT2D eigenvalue weighted by Crippen LogP contribution is 2.43. The van der Waals surface area contributed by atoms with Gasteiger partial charge in [-0.3, -0.25) is 9.69 Å². The summed E-state index contributed by atoms with van der Waals surface area (Å²) in [5.41, 5.74) is 4.66. The van der Waals surface area contributed by atoms with Gasteiger partial charge in [0.1, 0.15) is 6.04 Å². The van der Waals surface area contributed by atoms with Gasteiger partial charge in [0.25, 0.3) is 5.91 Å². The lowest BCUT2D eigenvalue weighted by atomic mass is 9.89. The minimum atomic E-state index is -0.223. The van der Waals surface area contributed by atoms with Crippen LogP contribution in [0, 0.1) is 0 Å². The monoisotopic (exact) mass is 361 g/mol. The Morgan fingerprint density at radius 3 is 2.62 bits per heavy atom. The molecule has 5 heteroatoms. The fraction of sp³-hybridized carbons (Fsp3) is 0.238. The molecule has 2 atom stereocenters. The van der Waals surface area contributed by atoms with Crippen molar-refractivity contribution < 1.29 is 4.79 Å². The molecular weight excluding hydrogens is 342 g/mol. The molecule has 1 saturated heterocycles. The van der Waals surface area contributed by atoms with Crippen molar-refractivity contribution in [3.05, 3.63) is 71.4 Å². The van der Waals surface area contributed by atoms with E-state index >= 15 is 0 Å². The Balaban J connectivity index is 1.76. The van der Waals surface area contributed by atoms with E-state index in [9.17, 15) is 4.79 Å². The van der Waals surface area contributed by atoms with Crippen LogP contribution in [0.3, 0.4) is 0 Å². The lowest BCUT2D eigenvalue weighted by molar-refractivity contribution is -0.128. The first kappa shape index (κ1) is 15.6. The van der Waals surface area contributed by atoms with E-state index in [-0.39, 0.29) is 18.0 Å². The third kappa shape index (κ3) is 2.01. The Hall–Kier alpha value is -2.66. The van der Waals surface area contributed by atoms with Gasteiger partial charge in [0, 0.05) is 29.6 Å². The maximum Gasteiger partial charge on any atom is 0.251 e. The molecule has 1 aromatic heterocycles. The van der Waals surface area contributed by atoms with E-state index in [1.54, 1.807) is 4.90 Å². The van der Waals surface area contributed by atoms with E-state index in [1.165, 1.54) is 10.9 Å². The average molecular weight is 361 g/mol. The number of nitrogens with one attached hydrogen (secondary N) is 1. The van der Waals surface area contributed by atoms with Gasteiger partial charge in [0.05, 0.1) is 6.04 Å². The van der Waals surface area contributed by atoms with Crippen molar-refractivity contribution in [2.24, 2.45) is 0 Å². The molecule has 1 N–H and O–H groups in total. The van der Waals surface area contributed by atoms with E-state index in [4.69, 9.17) is 12.2 Å². The first-order chi connectivity index (χ1) is 12.7. The van der Waals surface area contributed by atoms with Crippen molar-refractivity contribution in [3.63, 3.8) is 0 Å². The summed E-state index contributed by atoms with van der Waals surface area (Å²) in [6.07, 6.45) is 0.693. The van der Waals surface area contributed by atoms with E-state index < -0.39 is 0 Å². The number of H-pyrrole nitrogens is 1. The molecule has 2 aliphatic rings. The number of hydrogen-bond acceptors (Lipinski definition) is 2. The van der Waals surface area contributed by atoms with E-state index in [0.717, 1.165) is 16.8 Å². The number of amides is 1. The number of carbonyl (C=O) groups is 1. The molecule has 1 fully saturated rings. The first-order valence-electron chi connectivity index (χ1n) is 8.98. The summed E-state index contributed by atoms with van der Waals surface area (Å²) in [5, 5.41) is 1.84. The number of aromatic nitrogens is 1. The number of rotatable bonds is 2. The van der Waals surface area contributed by atoms with Crippen molar-refractivity contribution in [2.75, 3.05) is 6.54 Å². The predicted octanol–water partition coefficient (Wildman–Crippen LogP) is 3.63. The van der Waals surface area contributed by atoms with Crippen molar-refractivity contribution in [2.45, 2.75) is 25.4 Å². The van der Waals surface area contributed by atoms with Crippen molar-refractivity contribution in [1.29, 1.82) is 0 Å². The van der Waals surface area contributed by atoms with Gasteiger partial charge >= 0.3 is 0 Å². The van der Waals surface area contributed by atoms with Crippen LogP contribution in [0.15, 0.2) is 54.6 Å². The summed E-state index contributed by atoms with van der Waals surface area (Å²) in [5.74, 6) is 0.120. The third-order valence-corrected chi connectivity index (χ3v) is 6.00. The minimum Gasteiger partial charge on any atom is -0.356 e. The summed E-state index contributed by atoms with van der Waals surface area (Å²) in [6, 6.07) is 18.4. The Labute approximate surface area is 157 Å². The second-order valence-corrected chi connectivity index (χ2v) is 7.23. The molecule has 0 aliphatic carbocycles. The predicted molar refractivity (Wildman–Crippen MR) is 106 cm³/mol. The second kappa shape index (κ2) is 5.68. The highest BCUT2D eigenvalue weighted by molar-refractivity contribution is 7.80. The topological polar surface area (TPSA) is 39.3 Å². The molecule has 130 valence electrons. The maximum absolute atomic E-state index is 13.0. The number of aromatic amines is 1. The molecule has 3 heterocycles. The van der Waals surface area contributed by atoms with Crippen LogP contribution in [-0.4, -0.2) is 38.4 Å². The summed E-state index contributed by atoms with van der Waals surface area (Å²) in [7, 11) is 0. The van der Waals surface area contributed by atoms with E-state index in [2.05, 4.69) is 40.2 Å². The molecule has 3 aromatic rings. The quantitative estimate of drug-likeness (QED) is 0.709. The third-order valence-electron chi connectivity index (χ3n) is 5.57. The first-order valence-corrected chi connectivity index (χ1v) is 9.39. The summed E-state index contributed by atoms with van der Waals surface area (Å²) >= 11 is 5.72. The van der Waals surface area contributed by atoms with Gasteiger partial charge in [-0.15, -0.1) is 0 Å². The number of benzene rings is 2. The Morgan fingerprint density at radius 1 is 1.12 bits per heavy atom. The van der Waals surface area contributed by atoms with Crippen LogP contribution >= 0.6 is 12.2 Å². The SMILES string of the molecule is CCN1C(=O)[C@@H]2Cc3c([nH]c4ccccc34)[C@@H](c3ccccc3)N2C1=S. The molecular formula is C21H19N3OS. The summed E-state index contributed by atoms with van der Waals surface area (Å²) < 4.78 is 0. The Bertz CT molecular complexity index is 1030. The largest absolute Gasteiger partial charge is 0.356 e. The van der Waals surface area contributed by atoms with Crippen LogP contribution in [0.25, 0.3) is 10.9 Å². The van der Waals surface area contributed by atoms with Gasteiger partial charge < -0.3 is 9.88 Å². The highest BCUT2D eigenvalue weighted by Gasteiger charge is 2.49. The zero-order valence-corrected chi connectivity index (χ0v) is 15.3. The summed E-state index contributed by atoms with van der Waals surface area (Å²) in [6.45, 7) is 2.59. The molecule has 0 unspecified atom stereocenters. The molecule has 0 radical (unpaired) electrons. The zero-order chi connectivity index (χ0) is 17.8. The molecule has 5 rings (SSSR count). The molecule has 1 amide bonds. The molecule has 4 nitrogen and oxygen atoms in total. The molecule has 26 heavy (non-hydrogen) atoms. The molecule has 2 aliphatic heterocycles. The van der Waals surface area contributed by atoms with Gasteiger partial charge in [0.15, 0.2) is 5.11 Å². The van der Waals surface area contributed by atoms with E-state index in [0.29, 0.717) is 18.1 Å². The van der Waals surface area contributed by atoms with Crippen molar-refractivity contribution in [3.8, 4) is 0 Å². The van der Waals surface area contributed by atoms with E-state index in [1.807, 2.05) is 31.2 Å². The van der Waals surface area contributed by atoms with Gasteiger partial charge in [-0.1, -0.05) is 48.5 Å². The minimum absolute atomic E-state index is 0.0645. The number of hydrogen-bond donors (Lipinski definition) is 1. The average Bonchev–Trinajstić information content (AvgIpc) is 3.16. The Morgan fingerprint density at radius 2 is 1.85 bits per heavy atom. The lowest BCUT2D eigenvalue weighted by Gasteiger charge is -2.37. The number of fused-ring (bicyclic) bond motifs is 4. The second-order valence-electron chi connectivity index (χ2n) is 6.87. The maximum atomic E-state index is 13.0. The Kier molecular flexibility index (Phi) is 3.40. The number of para-hydroxylation sites is 1. The molecule has 2 aromatic carbocycles. The molecule has 0 saturated carbocycles. The van der Waals surface area contributed by atoms with Gasteiger partial charge in [-0.25, -0.2) is 0 Å². The van der Waals surface area contributed by atoms with Crippen LogP contribution < -0.4 is 0 Å². The van der Waals surface area contributed by atoms with Crippen molar-refractivity contribution >= 4 is 34.1 Å². The normalized spacial score (nSPS) is 22.0. The number of likely N-dealkylation sites (N-methyl/N-ethyl adjacent to an activating group) is 1. The van der Waals surface area contributed by atoms with Crippen LogP contribution in [0.4, 0.5) is 0 Å². The fourth-order valence-electron chi connectivity index (χ4n) is 4.40. The highest BCUT2D eigenvalue weighted by atomic mass is 32.1. The van der Waals surface area contributed by atoms with Gasteiger partial charge in [0.2, 0.25) is 0 Å². The standard InChI is InChI=1S/C21H19N3OS/c1-2-23-20(25)17-12-15-14-10-6-7-11-16(14)22-18(15)19(24(17)21(23)26)13-8-4-3-5-9-13/h3-11,17,19,22H,2,12H2,1H3/t17-,19+/m0/s1. The number of carbonyl (C=O) groups excluding carboxylic acids is 1.